The Labute approximate surface area is 108 Å². The van der Waals surface area contributed by atoms with Gasteiger partial charge < -0.3 is 10.3 Å². The molecule has 0 aliphatic heterocycles. The first kappa shape index (κ1) is 12.7. The fourth-order valence-corrected chi connectivity index (χ4v) is 1.52. The zero-order chi connectivity index (χ0) is 13.8. The van der Waals surface area contributed by atoms with Gasteiger partial charge in [-0.2, -0.15) is 0 Å². The van der Waals surface area contributed by atoms with E-state index in [1.165, 1.54) is 36.4 Å². The number of nitrogens with zero attached hydrogens (tertiary/aromatic N) is 2. The number of hydrogen-bond acceptors (Lipinski definition) is 4. The molecular weight excluding hydrogens is 248 g/mol. The van der Waals surface area contributed by atoms with E-state index in [4.69, 9.17) is 0 Å². The third kappa shape index (κ3) is 2.75. The molecule has 0 bridgehead atoms. The second-order valence-corrected chi connectivity index (χ2v) is 3.74. The van der Waals surface area contributed by atoms with Crippen molar-refractivity contribution in [3.8, 4) is 0 Å². The molecule has 0 spiro atoms. The zero-order valence-corrected chi connectivity index (χ0v) is 9.72. The van der Waals surface area contributed by atoms with Gasteiger partial charge in [0.2, 0.25) is 5.91 Å². The molecule has 96 valence electrons. The van der Waals surface area contributed by atoms with Crippen LogP contribution in [-0.4, -0.2) is 10.8 Å². The van der Waals surface area contributed by atoms with Crippen LogP contribution in [0, 0.1) is 15.3 Å². The monoisotopic (exact) mass is 257 g/mol. The van der Waals surface area contributed by atoms with Crippen molar-refractivity contribution in [3.63, 3.8) is 0 Å². The number of non-ortho nitro benzene ring substituents is 1. The molecule has 0 aliphatic carbocycles. The number of rotatable bonds is 3. The third-order valence-electron chi connectivity index (χ3n) is 2.50. The summed E-state index contributed by atoms with van der Waals surface area (Å²) in [7, 11) is 0. The standard InChI is InChI=1S/C13H9N2O4/c16-13(14(17)11-4-2-1-3-5-11)10-6-8-12(9-7-10)15(18)19/h1-9H/q-1. The molecule has 0 heterocycles. The SMILES string of the molecule is O=C(c1ccc([N+](=O)[O-])cc1)N([O-])c1ccccc1. The Kier molecular flexibility index (Phi) is 3.53. The number of amides is 1. The van der Waals surface area contributed by atoms with E-state index in [1.807, 2.05) is 0 Å². The smallest absolute Gasteiger partial charge is 0.269 e. The number of para-hydroxylation sites is 1. The van der Waals surface area contributed by atoms with Crippen LogP contribution in [-0.2, 0) is 0 Å². The Balaban J connectivity index is 2.22. The molecule has 0 N–H and O–H groups in total. The van der Waals surface area contributed by atoms with E-state index in [9.17, 15) is 20.1 Å². The Morgan fingerprint density at radius 2 is 1.58 bits per heavy atom. The van der Waals surface area contributed by atoms with E-state index < -0.39 is 10.8 Å². The van der Waals surface area contributed by atoms with E-state index in [1.54, 1.807) is 18.2 Å². The highest BCUT2D eigenvalue weighted by molar-refractivity contribution is 6.06. The molecule has 6 heteroatoms. The highest BCUT2D eigenvalue weighted by Gasteiger charge is 2.11. The lowest BCUT2D eigenvalue weighted by Crippen LogP contribution is -2.24. The van der Waals surface area contributed by atoms with Crippen molar-refractivity contribution in [2.45, 2.75) is 0 Å². The van der Waals surface area contributed by atoms with Crippen molar-refractivity contribution in [1.29, 1.82) is 0 Å². The van der Waals surface area contributed by atoms with E-state index in [0.29, 0.717) is 0 Å². The first-order valence-corrected chi connectivity index (χ1v) is 5.40. The van der Waals surface area contributed by atoms with E-state index in [0.717, 1.165) is 0 Å². The molecule has 2 rings (SSSR count). The van der Waals surface area contributed by atoms with E-state index in [-0.39, 0.29) is 22.0 Å². The van der Waals surface area contributed by atoms with Crippen molar-refractivity contribution in [3.05, 3.63) is 75.5 Å². The van der Waals surface area contributed by atoms with Gasteiger partial charge in [0.25, 0.3) is 5.69 Å². The third-order valence-corrected chi connectivity index (χ3v) is 2.50. The minimum absolute atomic E-state index is 0.101. The normalized spacial score (nSPS) is 9.95. The number of carbonyl (C=O) groups excluding carboxylic acids is 1. The zero-order valence-electron chi connectivity index (χ0n) is 9.72. The molecule has 2 aromatic rings. The van der Waals surface area contributed by atoms with Gasteiger partial charge in [-0.15, -0.1) is 0 Å². The molecular formula is C13H9N2O4-. The van der Waals surface area contributed by atoms with Gasteiger partial charge in [-0.3, -0.25) is 14.9 Å². The lowest BCUT2D eigenvalue weighted by Gasteiger charge is -2.28. The maximum Gasteiger partial charge on any atom is 0.269 e. The topological polar surface area (TPSA) is 86.5 Å². The van der Waals surface area contributed by atoms with Gasteiger partial charge >= 0.3 is 0 Å². The van der Waals surface area contributed by atoms with Gasteiger partial charge in [0.1, 0.15) is 0 Å². The maximum atomic E-state index is 11.9. The Morgan fingerprint density at radius 3 is 2.11 bits per heavy atom. The first-order valence-electron chi connectivity index (χ1n) is 5.40. The number of carbonyl (C=O) groups is 1. The second-order valence-electron chi connectivity index (χ2n) is 3.74. The van der Waals surface area contributed by atoms with Crippen molar-refractivity contribution < 1.29 is 9.72 Å². The van der Waals surface area contributed by atoms with Crippen LogP contribution in [0.5, 0.6) is 0 Å². The van der Waals surface area contributed by atoms with Crippen LogP contribution in [0.4, 0.5) is 11.4 Å². The van der Waals surface area contributed by atoms with E-state index >= 15 is 0 Å². The second kappa shape index (κ2) is 5.28. The predicted molar refractivity (Wildman–Crippen MR) is 69.7 cm³/mol. The molecule has 0 atom stereocenters. The predicted octanol–water partition coefficient (Wildman–Crippen LogP) is 2.74. The van der Waals surface area contributed by atoms with Gasteiger partial charge in [0.15, 0.2) is 0 Å². The summed E-state index contributed by atoms with van der Waals surface area (Å²) in [5, 5.41) is 22.5. The van der Waals surface area contributed by atoms with Gasteiger partial charge in [0.05, 0.1) is 4.92 Å². The summed E-state index contributed by atoms with van der Waals surface area (Å²) < 4.78 is 0. The molecule has 6 nitrogen and oxygen atoms in total. The van der Waals surface area contributed by atoms with Crippen molar-refractivity contribution in [2.24, 2.45) is 0 Å². The lowest BCUT2D eigenvalue weighted by atomic mass is 10.2. The van der Waals surface area contributed by atoms with Gasteiger partial charge in [0, 0.05) is 23.4 Å². The number of anilines is 1. The Hall–Kier alpha value is -2.73. The molecule has 0 saturated heterocycles. The highest BCUT2D eigenvalue weighted by atomic mass is 16.6. The number of hydrogen-bond donors (Lipinski definition) is 0. The van der Waals surface area contributed by atoms with Crippen molar-refractivity contribution in [1.82, 2.24) is 0 Å². The number of benzene rings is 2. The van der Waals surface area contributed by atoms with Gasteiger partial charge in [-0.25, -0.2) is 0 Å². The summed E-state index contributed by atoms with van der Waals surface area (Å²) in [5.41, 5.74) is 0.184. The minimum Gasteiger partial charge on any atom is -0.751 e. The highest BCUT2D eigenvalue weighted by Crippen LogP contribution is 2.17. The summed E-state index contributed by atoms with van der Waals surface area (Å²) in [6, 6.07) is 12.9. The summed E-state index contributed by atoms with van der Waals surface area (Å²) >= 11 is 0. The Morgan fingerprint density at radius 1 is 1.00 bits per heavy atom. The summed E-state index contributed by atoms with van der Waals surface area (Å²) in [4.78, 5) is 21.8. The molecule has 1 amide bonds. The molecule has 0 unspecified atom stereocenters. The van der Waals surface area contributed by atoms with Crippen molar-refractivity contribution >= 4 is 17.3 Å². The van der Waals surface area contributed by atoms with Crippen LogP contribution >= 0.6 is 0 Å². The number of nitro benzene ring substituents is 1. The van der Waals surface area contributed by atoms with Crippen LogP contribution in [0.15, 0.2) is 54.6 Å². The summed E-state index contributed by atoms with van der Waals surface area (Å²) in [6.45, 7) is 0. The van der Waals surface area contributed by atoms with Crippen LogP contribution in [0.1, 0.15) is 10.4 Å². The van der Waals surface area contributed by atoms with Gasteiger partial charge in [-0.05, 0) is 24.3 Å². The van der Waals surface area contributed by atoms with Gasteiger partial charge in [-0.1, -0.05) is 18.2 Å². The molecule has 2 aromatic carbocycles. The summed E-state index contributed by atoms with van der Waals surface area (Å²) in [6.07, 6.45) is 0. The average molecular weight is 257 g/mol. The van der Waals surface area contributed by atoms with Crippen LogP contribution in [0.2, 0.25) is 0 Å². The number of nitro groups is 1. The lowest BCUT2D eigenvalue weighted by molar-refractivity contribution is -0.384. The summed E-state index contributed by atoms with van der Waals surface area (Å²) in [5.74, 6) is -0.763. The number of hydroxylamine groups is 1. The quantitative estimate of drug-likeness (QED) is 0.624. The molecule has 0 radical (unpaired) electrons. The van der Waals surface area contributed by atoms with Crippen LogP contribution < -0.4 is 5.06 Å². The molecule has 0 fully saturated rings. The minimum atomic E-state index is -0.763. The fourth-order valence-electron chi connectivity index (χ4n) is 1.52. The Bertz CT molecular complexity index is 596. The van der Waals surface area contributed by atoms with Crippen LogP contribution in [0.3, 0.4) is 0 Å². The first-order chi connectivity index (χ1) is 9.09. The maximum absolute atomic E-state index is 11.9. The van der Waals surface area contributed by atoms with Crippen molar-refractivity contribution in [2.75, 3.05) is 5.06 Å². The molecule has 0 aliphatic rings. The van der Waals surface area contributed by atoms with Crippen LogP contribution in [0.25, 0.3) is 0 Å². The molecule has 19 heavy (non-hydrogen) atoms. The molecule has 0 aromatic heterocycles. The largest absolute Gasteiger partial charge is 0.751 e. The average Bonchev–Trinajstić information content (AvgIpc) is 2.46. The molecule has 0 saturated carbocycles. The van der Waals surface area contributed by atoms with E-state index in [2.05, 4.69) is 0 Å². The fraction of sp³-hybridized carbons (Fsp3) is 0.